The van der Waals surface area contributed by atoms with Crippen LogP contribution in [-0.4, -0.2) is 39.3 Å². The summed E-state index contributed by atoms with van der Waals surface area (Å²) < 4.78 is 21.4. The summed E-state index contributed by atoms with van der Waals surface area (Å²) in [7, 11) is 3.09. The Labute approximate surface area is 187 Å². The number of benzene rings is 2. The molecule has 0 aliphatic carbocycles. The Morgan fingerprint density at radius 2 is 1.66 bits per heavy atom. The lowest BCUT2D eigenvalue weighted by Crippen LogP contribution is -2.24. The molecule has 7 heteroatoms. The molecule has 168 valence electrons. The molecule has 0 bridgehead atoms. The van der Waals surface area contributed by atoms with Gasteiger partial charge in [0.15, 0.2) is 11.5 Å². The van der Waals surface area contributed by atoms with Gasteiger partial charge in [-0.2, -0.15) is 0 Å². The van der Waals surface area contributed by atoms with Crippen LogP contribution < -0.4 is 19.1 Å². The molecule has 0 saturated heterocycles. The van der Waals surface area contributed by atoms with Crippen LogP contribution in [0.3, 0.4) is 0 Å². The Hall–Kier alpha value is -3.74. The van der Waals surface area contributed by atoms with Crippen molar-refractivity contribution in [2.24, 2.45) is 0 Å². The minimum atomic E-state index is -0.543. The number of nitrogens with zero attached hydrogens (tertiary/aromatic N) is 1. The normalized spacial score (nSPS) is 14.7. The predicted molar refractivity (Wildman–Crippen MR) is 122 cm³/mol. The smallest absolute Gasteiger partial charge is 0.340 e. The predicted octanol–water partition coefficient (Wildman–Crippen LogP) is 4.37. The molecule has 0 aromatic heterocycles. The number of esters is 1. The minimum absolute atomic E-state index is 0.205. The molecule has 7 nitrogen and oxygen atoms in total. The van der Waals surface area contributed by atoms with Gasteiger partial charge >= 0.3 is 5.97 Å². The number of methoxy groups -OCH3 is 2. The Balaban J connectivity index is 2.08. The van der Waals surface area contributed by atoms with Crippen LogP contribution in [0, 0.1) is 0 Å². The summed E-state index contributed by atoms with van der Waals surface area (Å²) in [5.74, 6) is 0.939. The highest BCUT2D eigenvalue weighted by Crippen LogP contribution is 2.37. The average molecular weight is 437 g/mol. The van der Waals surface area contributed by atoms with Gasteiger partial charge in [0.2, 0.25) is 0 Å². The molecule has 0 saturated carbocycles. The molecule has 0 radical (unpaired) electrons. The van der Waals surface area contributed by atoms with E-state index >= 15 is 0 Å². The van der Waals surface area contributed by atoms with Gasteiger partial charge in [0.1, 0.15) is 5.75 Å². The molecule has 0 N–H and O–H groups in total. The fourth-order valence-corrected chi connectivity index (χ4v) is 3.56. The molecule has 32 heavy (non-hydrogen) atoms. The van der Waals surface area contributed by atoms with E-state index in [9.17, 15) is 9.59 Å². The zero-order valence-electron chi connectivity index (χ0n) is 18.9. The van der Waals surface area contributed by atoms with Gasteiger partial charge in [-0.05, 0) is 68.8 Å². The molecule has 2 aromatic carbocycles. The van der Waals surface area contributed by atoms with Crippen LogP contribution in [0.5, 0.6) is 17.2 Å². The molecule has 1 aliphatic rings. The van der Waals surface area contributed by atoms with Crippen molar-refractivity contribution < 1.29 is 28.5 Å². The zero-order valence-corrected chi connectivity index (χ0v) is 18.9. The largest absolute Gasteiger partial charge is 0.494 e. The quantitative estimate of drug-likeness (QED) is 0.451. The van der Waals surface area contributed by atoms with E-state index in [1.165, 1.54) is 12.0 Å². The maximum absolute atomic E-state index is 13.4. The number of carbonyl (C=O) groups is 2. The SMILES string of the molecule is CCOC(=O)C1=C(C)N(c2ccc(OCC)cc2)C(=O)/C1=C\c1ccc(OC)c(OC)c1. The first-order valence-corrected chi connectivity index (χ1v) is 10.3. The van der Waals surface area contributed by atoms with Crippen molar-refractivity contribution in [1.29, 1.82) is 0 Å². The third-order valence-electron chi connectivity index (χ3n) is 5.00. The molecule has 0 atom stereocenters. The number of carbonyl (C=O) groups excluding carboxylic acids is 2. The first-order valence-electron chi connectivity index (χ1n) is 10.3. The second-order valence-corrected chi connectivity index (χ2v) is 6.92. The molecular weight excluding hydrogens is 410 g/mol. The minimum Gasteiger partial charge on any atom is -0.494 e. The Bertz CT molecular complexity index is 1070. The summed E-state index contributed by atoms with van der Waals surface area (Å²) in [5, 5.41) is 0. The number of hydrogen-bond donors (Lipinski definition) is 0. The van der Waals surface area contributed by atoms with E-state index in [4.69, 9.17) is 18.9 Å². The zero-order chi connectivity index (χ0) is 23.3. The van der Waals surface area contributed by atoms with Crippen molar-refractivity contribution in [2.75, 3.05) is 32.3 Å². The highest BCUT2D eigenvalue weighted by atomic mass is 16.5. The van der Waals surface area contributed by atoms with Crippen molar-refractivity contribution in [3.63, 3.8) is 0 Å². The fraction of sp³-hybridized carbons (Fsp3) is 0.280. The first kappa shape index (κ1) is 22.9. The fourth-order valence-electron chi connectivity index (χ4n) is 3.56. The van der Waals surface area contributed by atoms with Crippen LogP contribution >= 0.6 is 0 Å². The van der Waals surface area contributed by atoms with Crippen LogP contribution in [0.4, 0.5) is 5.69 Å². The monoisotopic (exact) mass is 437 g/mol. The average Bonchev–Trinajstić information content (AvgIpc) is 3.04. The van der Waals surface area contributed by atoms with E-state index < -0.39 is 5.97 Å². The summed E-state index contributed by atoms with van der Waals surface area (Å²) in [6.07, 6.45) is 1.66. The molecule has 3 rings (SSSR count). The standard InChI is InChI=1S/C25H27NO6/c1-6-31-19-11-9-18(10-12-19)26-16(3)23(25(28)32-7-2)20(24(26)27)14-17-8-13-21(29-4)22(15-17)30-5/h8-15H,6-7H2,1-5H3/b20-14-. The Kier molecular flexibility index (Phi) is 7.20. The molecule has 2 aromatic rings. The van der Waals surface area contributed by atoms with Crippen molar-refractivity contribution in [3.05, 3.63) is 64.9 Å². The van der Waals surface area contributed by atoms with Crippen LogP contribution in [0.1, 0.15) is 26.3 Å². The maximum Gasteiger partial charge on any atom is 0.340 e. The van der Waals surface area contributed by atoms with Gasteiger partial charge in [-0.1, -0.05) is 6.07 Å². The lowest BCUT2D eigenvalue weighted by atomic mass is 10.0. The van der Waals surface area contributed by atoms with Crippen LogP contribution in [0.25, 0.3) is 6.08 Å². The van der Waals surface area contributed by atoms with Gasteiger partial charge in [-0.25, -0.2) is 4.79 Å². The van der Waals surface area contributed by atoms with Crippen LogP contribution in [0.2, 0.25) is 0 Å². The Morgan fingerprint density at radius 3 is 2.25 bits per heavy atom. The van der Waals surface area contributed by atoms with E-state index in [1.54, 1.807) is 69.5 Å². The van der Waals surface area contributed by atoms with E-state index in [0.29, 0.717) is 40.8 Å². The maximum atomic E-state index is 13.4. The second kappa shape index (κ2) is 10.0. The molecule has 0 spiro atoms. The summed E-state index contributed by atoms with van der Waals surface area (Å²) in [5.41, 5.74) is 2.31. The number of hydrogen-bond acceptors (Lipinski definition) is 6. The van der Waals surface area contributed by atoms with E-state index in [2.05, 4.69) is 0 Å². The second-order valence-electron chi connectivity index (χ2n) is 6.92. The first-order chi connectivity index (χ1) is 15.4. The van der Waals surface area contributed by atoms with E-state index in [1.807, 2.05) is 6.92 Å². The van der Waals surface area contributed by atoms with Crippen molar-refractivity contribution in [1.82, 2.24) is 0 Å². The van der Waals surface area contributed by atoms with Gasteiger partial charge < -0.3 is 18.9 Å². The molecule has 1 heterocycles. The molecule has 1 aliphatic heterocycles. The van der Waals surface area contributed by atoms with E-state index in [0.717, 1.165) is 0 Å². The topological polar surface area (TPSA) is 74.3 Å². The third-order valence-corrected chi connectivity index (χ3v) is 5.00. The van der Waals surface area contributed by atoms with Gasteiger partial charge in [-0.15, -0.1) is 0 Å². The molecular formula is C25H27NO6. The molecule has 0 unspecified atom stereocenters. The summed E-state index contributed by atoms with van der Waals surface area (Å²) in [6.45, 7) is 6.12. The van der Waals surface area contributed by atoms with E-state index in [-0.39, 0.29) is 23.7 Å². The number of rotatable bonds is 8. The Morgan fingerprint density at radius 1 is 0.969 bits per heavy atom. The lowest BCUT2D eigenvalue weighted by Gasteiger charge is -2.18. The molecule has 0 fully saturated rings. The lowest BCUT2D eigenvalue weighted by molar-refractivity contribution is -0.138. The van der Waals surface area contributed by atoms with Crippen LogP contribution in [-0.2, 0) is 14.3 Å². The number of ether oxygens (including phenoxy) is 4. The summed E-state index contributed by atoms with van der Waals surface area (Å²) in [6, 6.07) is 12.4. The summed E-state index contributed by atoms with van der Waals surface area (Å²) in [4.78, 5) is 27.7. The summed E-state index contributed by atoms with van der Waals surface area (Å²) >= 11 is 0. The highest BCUT2D eigenvalue weighted by molar-refractivity contribution is 6.23. The van der Waals surface area contributed by atoms with Crippen LogP contribution in [0.15, 0.2) is 59.3 Å². The van der Waals surface area contributed by atoms with Gasteiger partial charge in [0.05, 0.1) is 38.6 Å². The van der Waals surface area contributed by atoms with Crippen molar-refractivity contribution >= 4 is 23.6 Å². The van der Waals surface area contributed by atoms with Gasteiger partial charge in [-0.3, -0.25) is 9.69 Å². The highest BCUT2D eigenvalue weighted by Gasteiger charge is 2.38. The molecule has 1 amide bonds. The van der Waals surface area contributed by atoms with Crippen molar-refractivity contribution in [3.8, 4) is 17.2 Å². The number of anilines is 1. The number of allylic oxidation sites excluding steroid dienone is 1. The third kappa shape index (κ3) is 4.46. The van der Waals surface area contributed by atoms with Gasteiger partial charge in [0, 0.05) is 11.4 Å². The number of amides is 1. The van der Waals surface area contributed by atoms with Gasteiger partial charge in [0.25, 0.3) is 5.91 Å². The van der Waals surface area contributed by atoms with Crippen molar-refractivity contribution in [2.45, 2.75) is 20.8 Å².